The number of carboxylic acid groups (broad SMARTS) is 1. The molecule has 2 atom stereocenters. The van der Waals surface area contributed by atoms with Gasteiger partial charge in [-0.15, -0.1) is 0 Å². The van der Waals surface area contributed by atoms with Crippen LogP contribution in [0.25, 0.3) is 0 Å². The highest BCUT2D eigenvalue weighted by molar-refractivity contribution is 7.86. The second kappa shape index (κ2) is 6.50. The van der Waals surface area contributed by atoms with Gasteiger partial charge >= 0.3 is 5.97 Å². The Morgan fingerprint density at radius 3 is 2.21 bits per heavy atom. The highest BCUT2D eigenvalue weighted by atomic mass is 32.2. The van der Waals surface area contributed by atoms with E-state index in [4.69, 9.17) is 5.11 Å². The third-order valence-corrected chi connectivity index (χ3v) is 5.64. The van der Waals surface area contributed by atoms with Gasteiger partial charge in [-0.2, -0.15) is 0 Å². The van der Waals surface area contributed by atoms with Gasteiger partial charge < -0.3 is 10.0 Å². The van der Waals surface area contributed by atoms with Gasteiger partial charge in [0, 0.05) is 29.6 Å². The van der Waals surface area contributed by atoms with Gasteiger partial charge in [-0.25, -0.2) is 0 Å². The van der Waals surface area contributed by atoms with Crippen molar-refractivity contribution in [2.75, 3.05) is 18.8 Å². The van der Waals surface area contributed by atoms with Crippen molar-refractivity contribution in [1.82, 2.24) is 4.90 Å². The quantitative estimate of drug-likeness (QED) is 0.729. The fourth-order valence-corrected chi connectivity index (χ4v) is 3.82. The first-order chi connectivity index (χ1) is 8.85. The zero-order valence-electron chi connectivity index (χ0n) is 11.8. The van der Waals surface area contributed by atoms with Crippen LogP contribution >= 0.6 is 0 Å². The fraction of sp³-hybridized carbons (Fsp3) is 0.846. The molecule has 0 heterocycles. The summed E-state index contributed by atoms with van der Waals surface area (Å²) >= 11 is 0. The van der Waals surface area contributed by atoms with Crippen molar-refractivity contribution in [3.05, 3.63) is 0 Å². The van der Waals surface area contributed by atoms with Crippen LogP contribution in [-0.2, 0) is 20.4 Å². The Kier molecular flexibility index (Phi) is 5.52. The smallest absolute Gasteiger partial charge is 0.303 e. The van der Waals surface area contributed by atoms with Crippen LogP contribution in [-0.4, -0.2) is 50.2 Å². The predicted molar refractivity (Wildman–Crippen MR) is 74.3 cm³/mol. The van der Waals surface area contributed by atoms with Crippen molar-refractivity contribution in [1.29, 1.82) is 0 Å². The molecule has 0 radical (unpaired) electrons. The molecule has 0 aliphatic heterocycles. The Hall–Kier alpha value is -0.910. The summed E-state index contributed by atoms with van der Waals surface area (Å²) in [7, 11) is -1.30. The normalized spacial score (nSPS) is 19.5. The summed E-state index contributed by atoms with van der Waals surface area (Å²) in [5.74, 6) is -0.625. The molecular formula is C13H23NO4S. The van der Waals surface area contributed by atoms with Gasteiger partial charge in [0.05, 0.1) is 6.42 Å². The number of hydrogen-bond acceptors (Lipinski definition) is 3. The van der Waals surface area contributed by atoms with Crippen molar-refractivity contribution < 1.29 is 18.9 Å². The molecule has 0 spiro atoms. The number of rotatable bonds is 8. The van der Waals surface area contributed by atoms with Crippen LogP contribution in [0.1, 0.15) is 40.0 Å². The maximum atomic E-state index is 12.2. The van der Waals surface area contributed by atoms with E-state index in [1.807, 2.05) is 13.8 Å². The van der Waals surface area contributed by atoms with Crippen LogP contribution in [0.15, 0.2) is 0 Å². The SMILES string of the molecule is CCN(CC)C(=O)C(C)S(=O)CC1(CC(=O)O)CC1. The Bertz CT molecular complexity index is 375. The predicted octanol–water partition coefficient (Wildman–Crippen LogP) is 1.25. The van der Waals surface area contributed by atoms with Crippen molar-refractivity contribution in [2.45, 2.75) is 45.3 Å². The molecule has 1 rings (SSSR count). The minimum absolute atomic E-state index is 0.0604. The van der Waals surface area contributed by atoms with Gasteiger partial charge in [0.15, 0.2) is 0 Å². The Labute approximate surface area is 116 Å². The van der Waals surface area contributed by atoms with Crippen molar-refractivity contribution >= 4 is 22.7 Å². The van der Waals surface area contributed by atoms with E-state index >= 15 is 0 Å². The third kappa shape index (κ3) is 4.30. The van der Waals surface area contributed by atoms with E-state index in [1.54, 1.807) is 11.8 Å². The first-order valence-electron chi connectivity index (χ1n) is 6.73. The first-order valence-corrected chi connectivity index (χ1v) is 8.11. The summed E-state index contributed by atoms with van der Waals surface area (Å²) in [6.45, 7) is 6.68. The highest BCUT2D eigenvalue weighted by Crippen LogP contribution is 2.49. The zero-order chi connectivity index (χ0) is 14.6. The fourth-order valence-electron chi connectivity index (χ4n) is 2.20. The van der Waals surface area contributed by atoms with Crippen LogP contribution in [0.4, 0.5) is 0 Å². The molecule has 0 aromatic heterocycles. The molecule has 1 amide bonds. The molecule has 1 aliphatic carbocycles. The molecule has 0 aromatic rings. The van der Waals surface area contributed by atoms with E-state index in [0.717, 1.165) is 12.8 Å². The molecule has 1 N–H and O–H groups in total. The second-order valence-corrected chi connectivity index (χ2v) is 7.01. The van der Waals surface area contributed by atoms with E-state index < -0.39 is 22.0 Å². The molecule has 1 saturated carbocycles. The van der Waals surface area contributed by atoms with Crippen molar-refractivity contribution in [3.8, 4) is 0 Å². The van der Waals surface area contributed by atoms with Crippen LogP contribution in [0.5, 0.6) is 0 Å². The molecule has 1 fully saturated rings. The topological polar surface area (TPSA) is 74.7 Å². The molecule has 1 aliphatic rings. The average Bonchev–Trinajstić information content (AvgIpc) is 3.07. The number of amides is 1. The zero-order valence-corrected chi connectivity index (χ0v) is 12.7. The summed E-state index contributed by atoms with van der Waals surface area (Å²) in [5.41, 5.74) is -0.325. The third-order valence-electron chi connectivity index (χ3n) is 3.75. The second-order valence-electron chi connectivity index (χ2n) is 5.25. The number of hydrogen-bond donors (Lipinski definition) is 1. The maximum Gasteiger partial charge on any atom is 0.303 e. The lowest BCUT2D eigenvalue weighted by molar-refractivity contribution is -0.138. The minimum Gasteiger partial charge on any atom is -0.481 e. The maximum absolute atomic E-state index is 12.2. The van der Waals surface area contributed by atoms with Crippen LogP contribution < -0.4 is 0 Å². The number of carbonyl (C=O) groups is 2. The standard InChI is InChI=1S/C13H23NO4S/c1-4-14(5-2)12(17)10(3)19(18)9-13(6-7-13)8-11(15)16/h10H,4-9H2,1-3H3,(H,15,16). The van der Waals surface area contributed by atoms with E-state index in [0.29, 0.717) is 18.8 Å². The molecule has 19 heavy (non-hydrogen) atoms. The molecule has 110 valence electrons. The highest BCUT2D eigenvalue weighted by Gasteiger charge is 2.46. The number of nitrogens with zero attached hydrogens (tertiary/aromatic N) is 1. The number of carbonyl (C=O) groups excluding carboxylic acids is 1. The molecule has 6 heteroatoms. The Morgan fingerprint density at radius 1 is 1.32 bits per heavy atom. The molecule has 0 saturated heterocycles. The van der Waals surface area contributed by atoms with E-state index in [9.17, 15) is 13.8 Å². The van der Waals surface area contributed by atoms with Gasteiger partial charge in [0.25, 0.3) is 0 Å². The summed E-state index contributed by atoms with van der Waals surface area (Å²) in [6.07, 6.45) is 1.67. The molecular weight excluding hydrogens is 266 g/mol. The van der Waals surface area contributed by atoms with E-state index in [1.165, 1.54) is 0 Å². The summed E-state index contributed by atoms with van der Waals surface area (Å²) < 4.78 is 12.2. The van der Waals surface area contributed by atoms with Crippen molar-refractivity contribution in [3.63, 3.8) is 0 Å². The first kappa shape index (κ1) is 16.1. The molecule has 5 nitrogen and oxygen atoms in total. The van der Waals surface area contributed by atoms with Gasteiger partial charge in [0.2, 0.25) is 5.91 Å². The van der Waals surface area contributed by atoms with E-state index in [2.05, 4.69) is 0 Å². The minimum atomic E-state index is -1.30. The van der Waals surface area contributed by atoms with Gasteiger partial charge in [0.1, 0.15) is 5.25 Å². The van der Waals surface area contributed by atoms with Crippen molar-refractivity contribution in [2.24, 2.45) is 5.41 Å². The summed E-state index contributed by atoms with van der Waals surface area (Å²) in [6, 6.07) is 0. The lowest BCUT2D eigenvalue weighted by Gasteiger charge is -2.23. The number of aliphatic carboxylic acids is 1. The lowest BCUT2D eigenvalue weighted by Crippen LogP contribution is -2.40. The van der Waals surface area contributed by atoms with Gasteiger partial charge in [-0.1, -0.05) is 0 Å². The Morgan fingerprint density at radius 2 is 1.84 bits per heavy atom. The average molecular weight is 289 g/mol. The largest absolute Gasteiger partial charge is 0.481 e. The number of carboxylic acids is 1. The van der Waals surface area contributed by atoms with Gasteiger partial charge in [-0.05, 0) is 39.0 Å². The van der Waals surface area contributed by atoms with Crippen LogP contribution in [0, 0.1) is 5.41 Å². The lowest BCUT2D eigenvalue weighted by atomic mass is 10.1. The molecule has 0 bridgehead atoms. The Balaban J connectivity index is 2.58. The summed E-state index contributed by atoms with van der Waals surface area (Å²) in [5, 5.41) is 8.29. The monoisotopic (exact) mass is 289 g/mol. The molecule has 2 unspecified atom stereocenters. The molecule has 0 aromatic carbocycles. The van der Waals surface area contributed by atoms with E-state index in [-0.39, 0.29) is 17.7 Å². The van der Waals surface area contributed by atoms with Gasteiger partial charge in [-0.3, -0.25) is 13.8 Å². The van der Waals surface area contributed by atoms with Crippen LogP contribution in [0.3, 0.4) is 0 Å². The summed E-state index contributed by atoms with van der Waals surface area (Å²) in [4.78, 5) is 24.5. The van der Waals surface area contributed by atoms with Crippen LogP contribution in [0.2, 0.25) is 0 Å².